The SMILES string of the molecule is [2H]C([2H])(O)C([2H])([2H])n1cccc1CCCCC. The third-order valence-electron chi connectivity index (χ3n) is 2.04. The standard InChI is InChI=1S/C11H19NO/c1-2-3-4-6-11-7-5-8-12(11)9-10-13/h5,7-8,13H,2-4,6,9-10H2,1H3/i9D2,10D2. The van der Waals surface area contributed by atoms with E-state index in [1.165, 1.54) is 10.8 Å². The zero-order chi connectivity index (χ0) is 13.1. The first-order valence-corrected chi connectivity index (χ1v) is 4.70. The lowest BCUT2D eigenvalue weighted by Gasteiger charge is -2.06. The molecule has 0 aromatic carbocycles. The Kier molecular flexibility index (Phi) is 2.62. The second-order valence-electron chi connectivity index (χ2n) is 3.05. The van der Waals surface area contributed by atoms with Gasteiger partial charge in [0.1, 0.15) is 0 Å². The quantitative estimate of drug-likeness (QED) is 0.675. The van der Waals surface area contributed by atoms with Crippen molar-refractivity contribution in [2.24, 2.45) is 0 Å². The normalized spacial score (nSPS) is 17.4. The summed E-state index contributed by atoms with van der Waals surface area (Å²) >= 11 is 0. The molecule has 0 amide bonds. The highest BCUT2D eigenvalue weighted by Gasteiger charge is 1.98. The predicted molar refractivity (Wildman–Crippen MR) is 54.7 cm³/mol. The average molecular weight is 185 g/mol. The van der Waals surface area contributed by atoms with Crippen molar-refractivity contribution >= 4 is 0 Å². The second-order valence-corrected chi connectivity index (χ2v) is 3.05. The Hall–Kier alpha value is -0.760. The van der Waals surface area contributed by atoms with Crippen LogP contribution < -0.4 is 0 Å². The molecular weight excluding hydrogens is 162 g/mol. The van der Waals surface area contributed by atoms with Crippen LogP contribution in [0.25, 0.3) is 0 Å². The maximum Gasteiger partial charge on any atom is 0.0610 e. The van der Waals surface area contributed by atoms with Crippen LogP contribution in [0.1, 0.15) is 37.4 Å². The summed E-state index contributed by atoms with van der Waals surface area (Å²) in [6.45, 7) is -3.26. The first kappa shape index (κ1) is 5.86. The van der Waals surface area contributed by atoms with Gasteiger partial charge in [0.05, 0.1) is 12.0 Å². The van der Waals surface area contributed by atoms with Crippen molar-refractivity contribution in [3.63, 3.8) is 0 Å². The summed E-state index contributed by atoms with van der Waals surface area (Å²) in [5.74, 6) is 0. The van der Waals surface area contributed by atoms with Gasteiger partial charge in [-0.15, -0.1) is 0 Å². The van der Waals surface area contributed by atoms with Gasteiger partial charge >= 0.3 is 0 Å². The topological polar surface area (TPSA) is 25.2 Å². The van der Waals surface area contributed by atoms with Crippen LogP contribution in [0.15, 0.2) is 18.3 Å². The Morgan fingerprint density at radius 1 is 1.54 bits per heavy atom. The molecule has 2 nitrogen and oxygen atoms in total. The van der Waals surface area contributed by atoms with Crippen molar-refractivity contribution in [2.75, 3.05) is 6.56 Å². The Balaban J connectivity index is 2.88. The summed E-state index contributed by atoms with van der Waals surface area (Å²) in [6.07, 6.45) is 5.23. The number of aromatic nitrogens is 1. The number of hydrogen-bond donors (Lipinski definition) is 1. The Labute approximate surface area is 85.8 Å². The van der Waals surface area contributed by atoms with Crippen LogP contribution in [0, 0.1) is 0 Å². The highest BCUT2D eigenvalue weighted by Crippen LogP contribution is 2.07. The number of unbranched alkanes of at least 4 members (excludes halogenated alkanes) is 2. The van der Waals surface area contributed by atoms with Crippen LogP contribution in [0.3, 0.4) is 0 Å². The molecule has 0 spiro atoms. The molecule has 1 rings (SSSR count). The van der Waals surface area contributed by atoms with E-state index in [0.29, 0.717) is 12.1 Å². The van der Waals surface area contributed by atoms with Crippen molar-refractivity contribution in [1.82, 2.24) is 4.57 Å². The molecule has 1 aromatic heterocycles. The van der Waals surface area contributed by atoms with Crippen LogP contribution in [-0.2, 0) is 12.9 Å². The lowest BCUT2D eigenvalue weighted by Crippen LogP contribution is -2.04. The third kappa shape index (κ3) is 3.23. The molecule has 0 aliphatic heterocycles. The molecule has 74 valence electrons. The molecule has 0 atom stereocenters. The summed E-state index contributed by atoms with van der Waals surface area (Å²) < 4.78 is 30.8. The first-order valence-electron chi connectivity index (χ1n) is 6.70. The van der Waals surface area contributed by atoms with Crippen molar-refractivity contribution in [1.29, 1.82) is 0 Å². The summed E-state index contributed by atoms with van der Waals surface area (Å²) in [5.41, 5.74) is 0.710. The summed E-state index contributed by atoms with van der Waals surface area (Å²) in [5, 5.41) is 9.25. The van der Waals surface area contributed by atoms with Crippen LogP contribution in [-0.4, -0.2) is 16.2 Å². The van der Waals surface area contributed by atoms with Crippen molar-refractivity contribution in [3.05, 3.63) is 24.0 Å². The van der Waals surface area contributed by atoms with Gasteiger partial charge in [-0.3, -0.25) is 0 Å². The van der Waals surface area contributed by atoms with Crippen molar-refractivity contribution < 1.29 is 10.6 Å². The molecule has 0 fully saturated rings. The fraction of sp³-hybridized carbons (Fsp3) is 0.636. The highest BCUT2D eigenvalue weighted by molar-refractivity contribution is 5.07. The van der Waals surface area contributed by atoms with E-state index in [2.05, 4.69) is 6.92 Å². The molecule has 0 saturated carbocycles. The molecule has 1 aromatic rings. The van der Waals surface area contributed by atoms with Gasteiger partial charge in [0.15, 0.2) is 0 Å². The number of hydrogen-bond acceptors (Lipinski definition) is 1. The summed E-state index contributed by atoms with van der Waals surface area (Å²) in [7, 11) is 0. The van der Waals surface area contributed by atoms with E-state index in [9.17, 15) is 5.11 Å². The fourth-order valence-corrected chi connectivity index (χ4v) is 1.34. The molecule has 0 aliphatic carbocycles. The lowest BCUT2D eigenvalue weighted by molar-refractivity contribution is 0.274. The van der Waals surface area contributed by atoms with Gasteiger partial charge in [-0.25, -0.2) is 0 Å². The monoisotopic (exact) mass is 185 g/mol. The molecule has 0 saturated heterocycles. The molecule has 1 heterocycles. The van der Waals surface area contributed by atoms with Gasteiger partial charge in [0.25, 0.3) is 0 Å². The number of aliphatic hydroxyl groups is 1. The van der Waals surface area contributed by atoms with E-state index < -0.39 is 13.1 Å². The fourth-order valence-electron chi connectivity index (χ4n) is 1.34. The van der Waals surface area contributed by atoms with Gasteiger partial charge < -0.3 is 9.67 Å². The molecule has 1 N–H and O–H groups in total. The van der Waals surface area contributed by atoms with Crippen molar-refractivity contribution in [2.45, 2.75) is 39.1 Å². The highest BCUT2D eigenvalue weighted by atomic mass is 16.3. The molecule has 13 heavy (non-hydrogen) atoms. The van der Waals surface area contributed by atoms with Crippen LogP contribution in [0.2, 0.25) is 0 Å². The van der Waals surface area contributed by atoms with E-state index >= 15 is 0 Å². The molecule has 2 heteroatoms. The van der Waals surface area contributed by atoms with Gasteiger partial charge in [-0.1, -0.05) is 19.8 Å². The molecule has 0 bridgehead atoms. The van der Waals surface area contributed by atoms with E-state index in [-0.39, 0.29) is 0 Å². The van der Waals surface area contributed by atoms with Gasteiger partial charge in [0, 0.05) is 18.4 Å². The summed E-state index contributed by atoms with van der Waals surface area (Å²) in [4.78, 5) is 0. The Morgan fingerprint density at radius 3 is 3.08 bits per heavy atom. The van der Waals surface area contributed by atoms with E-state index in [1.807, 2.05) is 0 Å². The third-order valence-corrected chi connectivity index (χ3v) is 2.04. The first-order chi connectivity index (χ1) is 7.80. The predicted octanol–water partition coefficient (Wildman–Crippen LogP) is 2.21. The number of rotatable bonds is 6. The van der Waals surface area contributed by atoms with E-state index in [0.717, 1.165) is 19.3 Å². The molecule has 0 unspecified atom stereocenters. The van der Waals surface area contributed by atoms with E-state index in [1.54, 1.807) is 12.1 Å². The maximum absolute atomic E-state index is 9.25. The van der Waals surface area contributed by atoms with E-state index in [4.69, 9.17) is 5.48 Å². The van der Waals surface area contributed by atoms with Crippen LogP contribution in [0.4, 0.5) is 0 Å². The smallest absolute Gasteiger partial charge is 0.0610 e. The minimum Gasteiger partial charge on any atom is -0.395 e. The summed E-state index contributed by atoms with van der Waals surface area (Å²) in [6, 6.07) is 3.43. The van der Waals surface area contributed by atoms with Crippen molar-refractivity contribution in [3.8, 4) is 0 Å². The Bertz CT molecular complexity index is 357. The minimum atomic E-state index is -2.90. The maximum atomic E-state index is 9.25. The molecular formula is C11H19NO. The second kappa shape index (κ2) is 5.81. The minimum absolute atomic E-state index is 0.691. The van der Waals surface area contributed by atoms with Gasteiger partial charge in [-0.05, 0) is 25.0 Å². The van der Waals surface area contributed by atoms with Crippen LogP contribution in [0.5, 0.6) is 0 Å². The zero-order valence-electron chi connectivity index (χ0n) is 12.0. The largest absolute Gasteiger partial charge is 0.395 e. The average Bonchev–Trinajstić information content (AvgIpc) is 2.65. The number of nitrogens with zero attached hydrogens (tertiary/aromatic N) is 1. The molecule has 0 aliphatic rings. The van der Waals surface area contributed by atoms with Gasteiger partial charge in [-0.2, -0.15) is 0 Å². The van der Waals surface area contributed by atoms with Crippen LogP contribution >= 0.6 is 0 Å². The Morgan fingerprint density at radius 2 is 2.38 bits per heavy atom. The lowest BCUT2D eigenvalue weighted by atomic mass is 10.1. The zero-order valence-corrected chi connectivity index (χ0v) is 7.95. The number of aryl methyl sites for hydroxylation is 2. The molecule has 0 radical (unpaired) electrons. The van der Waals surface area contributed by atoms with Gasteiger partial charge in [0.2, 0.25) is 0 Å².